The van der Waals surface area contributed by atoms with Gasteiger partial charge in [0.25, 0.3) is 5.69 Å². The SMILES string of the molecule is CC(Nc1ccccc1[N+](=O)[O-])c1ccc(Br)cc1Cl. The maximum atomic E-state index is 11.0. The quantitative estimate of drug-likeness (QED) is 0.607. The lowest BCUT2D eigenvalue weighted by molar-refractivity contribution is -0.384. The van der Waals surface area contributed by atoms with E-state index in [2.05, 4.69) is 21.2 Å². The monoisotopic (exact) mass is 354 g/mol. The van der Waals surface area contributed by atoms with Gasteiger partial charge in [0.15, 0.2) is 0 Å². The second-order valence-electron chi connectivity index (χ2n) is 4.31. The van der Waals surface area contributed by atoms with Gasteiger partial charge in [0, 0.05) is 15.6 Å². The van der Waals surface area contributed by atoms with Gasteiger partial charge in [-0.1, -0.05) is 45.7 Å². The Bertz CT molecular complexity index is 649. The Labute approximate surface area is 130 Å². The second kappa shape index (κ2) is 6.24. The lowest BCUT2D eigenvalue weighted by Gasteiger charge is -2.17. The van der Waals surface area contributed by atoms with Crippen molar-refractivity contribution < 1.29 is 4.92 Å². The van der Waals surface area contributed by atoms with E-state index in [0.717, 1.165) is 10.0 Å². The molecular weight excluding hydrogens is 344 g/mol. The molecule has 0 bridgehead atoms. The standard InChI is InChI=1S/C14H12BrClN2O2/c1-9(11-7-6-10(15)8-12(11)16)17-13-4-2-3-5-14(13)18(19)20/h2-9,17H,1H3. The highest BCUT2D eigenvalue weighted by Gasteiger charge is 2.16. The summed E-state index contributed by atoms with van der Waals surface area (Å²) >= 11 is 9.54. The average molecular weight is 356 g/mol. The molecule has 0 aliphatic carbocycles. The van der Waals surface area contributed by atoms with E-state index in [1.54, 1.807) is 24.3 Å². The summed E-state index contributed by atoms with van der Waals surface area (Å²) in [6.07, 6.45) is 0. The number of rotatable bonds is 4. The van der Waals surface area contributed by atoms with Crippen LogP contribution in [0, 0.1) is 10.1 Å². The number of nitrogens with zero attached hydrogens (tertiary/aromatic N) is 1. The van der Waals surface area contributed by atoms with Crippen molar-refractivity contribution in [2.45, 2.75) is 13.0 Å². The Balaban J connectivity index is 2.28. The molecule has 0 heterocycles. The van der Waals surface area contributed by atoms with Gasteiger partial charge in [-0.2, -0.15) is 0 Å². The first-order chi connectivity index (χ1) is 9.49. The molecule has 0 saturated heterocycles. The Morgan fingerprint density at radius 3 is 2.65 bits per heavy atom. The van der Waals surface area contributed by atoms with Gasteiger partial charge in [0.2, 0.25) is 0 Å². The summed E-state index contributed by atoms with van der Waals surface area (Å²) < 4.78 is 0.893. The first-order valence-electron chi connectivity index (χ1n) is 5.94. The fourth-order valence-corrected chi connectivity index (χ4v) is 2.76. The van der Waals surface area contributed by atoms with Crippen LogP contribution >= 0.6 is 27.5 Å². The number of para-hydroxylation sites is 2. The topological polar surface area (TPSA) is 55.2 Å². The van der Waals surface area contributed by atoms with Crippen LogP contribution in [0.25, 0.3) is 0 Å². The Hall–Kier alpha value is -1.59. The largest absolute Gasteiger partial charge is 0.373 e. The number of hydrogen-bond acceptors (Lipinski definition) is 3. The summed E-state index contributed by atoms with van der Waals surface area (Å²) in [6.45, 7) is 1.91. The summed E-state index contributed by atoms with van der Waals surface area (Å²) in [6, 6.07) is 12.0. The van der Waals surface area contributed by atoms with Crippen LogP contribution in [0.2, 0.25) is 5.02 Å². The molecule has 6 heteroatoms. The van der Waals surface area contributed by atoms with E-state index in [-0.39, 0.29) is 11.7 Å². The molecule has 1 atom stereocenters. The number of nitro benzene ring substituents is 1. The van der Waals surface area contributed by atoms with Crippen molar-refractivity contribution in [2.24, 2.45) is 0 Å². The van der Waals surface area contributed by atoms with Gasteiger partial charge < -0.3 is 5.32 Å². The summed E-state index contributed by atoms with van der Waals surface area (Å²) in [5.41, 5.74) is 1.41. The Morgan fingerprint density at radius 1 is 1.30 bits per heavy atom. The van der Waals surface area contributed by atoms with Crippen LogP contribution < -0.4 is 5.32 Å². The van der Waals surface area contributed by atoms with Crippen LogP contribution in [0.4, 0.5) is 11.4 Å². The van der Waals surface area contributed by atoms with Crippen molar-refractivity contribution in [3.63, 3.8) is 0 Å². The van der Waals surface area contributed by atoms with Crippen LogP contribution in [-0.2, 0) is 0 Å². The minimum absolute atomic E-state index is 0.0487. The number of hydrogen-bond donors (Lipinski definition) is 1. The number of nitrogens with one attached hydrogen (secondary N) is 1. The van der Waals surface area contributed by atoms with E-state index in [9.17, 15) is 10.1 Å². The molecule has 2 rings (SSSR count). The highest BCUT2D eigenvalue weighted by Crippen LogP contribution is 2.31. The zero-order valence-corrected chi connectivity index (χ0v) is 13.0. The predicted octanol–water partition coefficient (Wildman–Crippen LogP) is 5.18. The first-order valence-corrected chi connectivity index (χ1v) is 7.11. The molecule has 104 valence electrons. The normalized spacial score (nSPS) is 11.9. The minimum Gasteiger partial charge on any atom is -0.373 e. The molecule has 0 aliphatic rings. The number of nitro groups is 1. The molecule has 0 saturated carbocycles. The first kappa shape index (κ1) is 14.8. The van der Waals surface area contributed by atoms with Gasteiger partial charge in [0.1, 0.15) is 5.69 Å². The number of benzene rings is 2. The van der Waals surface area contributed by atoms with Crippen LogP contribution in [0.1, 0.15) is 18.5 Å². The fourth-order valence-electron chi connectivity index (χ4n) is 1.92. The molecule has 20 heavy (non-hydrogen) atoms. The van der Waals surface area contributed by atoms with E-state index in [4.69, 9.17) is 11.6 Å². The van der Waals surface area contributed by atoms with Gasteiger partial charge in [-0.3, -0.25) is 10.1 Å². The molecule has 2 aromatic rings. The van der Waals surface area contributed by atoms with Crippen molar-refractivity contribution in [1.82, 2.24) is 0 Å². The van der Waals surface area contributed by atoms with Gasteiger partial charge in [-0.05, 0) is 30.7 Å². The lowest BCUT2D eigenvalue weighted by Crippen LogP contribution is -2.08. The lowest BCUT2D eigenvalue weighted by atomic mass is 10.1. The number of halogens is 2. The highest BCUT2D eigenvalue weighted by atomic mass is 79.9. The molecule has 0 spiro atoms. The van der Waals surface area contributed by atoms with Gasteiger partial charge >= 0.3 is 0 Å². The fraction of sp³-hybridized carbons (Fsp3) is 0.143. The predicted molar refractivity (Wildman–Crippen MR) is 84.3 cm³/mol. The third kappa shape index (κ3) is 3.29. The molecule has 4 nitrogen and oxygen atoms in total. The summed E-state index contributed by atoms with van der Waals surface area (Å²) in [5, 5.41) is 14.7. The Kier molecular flexibility index (Phi) is 4.62. The molecule has 0 fully saturated rings. The van der Waals surface area contributed by atoms with Crippen molar-refractivity contribution in [3.05, 3.63) is 67.6 Å². The summed E-state index contributed by atoms with van der Waals surface area (Å²) in [4.78, 5) is 10.6. The molecule has 0 aromatic heterocycles. The molecule has 0 radical (unpaired) electrons. The summed E-state index contributed by atoms with van der Waals surface area (Å²) in [5.74, 6) is 0. The van der Waals surface area contributed by atoms with Crippen molar-refractivity contribution in [3.8, 4) is 0 Å². The van der Waals surface area contributed by atoms with Crippen molar-refractivity contribution in [1.29, 1.82) is 0 Å². The van der Waals surface area contributed by atoms with Crippen molar-refractivity contribution >= 4 is 38.9 Å². The highest BCUT2D eigenvalue weighted by molar-refractivity contribution is 9.10. The van der Waals surface area contributed by atoms with Crippen molar-refractivity contribution in [2.75, 3.05) is 5.32 Å². The zero-order valence-electron chi connectivity index (χ0n) is 10.6. The summed E-state index contributed by atoms with van der Waals surface area (Å²) in [7, 11) is 0. The van der Waals surface area contributed by atoms with Crippen LogP contribution in [0.5, 0.6) is 0 Å². The maximum Gasteiger partial charge on any atom is 0.292 e. The minimum atomic E-state index is -0.405. The van der Waals surface area contributed by atoms with E-state index < -0.39 is 4.92 Å². The number of anilines is 1. The second-order valence-corrected chi connectivity index (χ2v) is 5.63. The maximum absolute atomic E-state index is 11.0. The van der Waals surface area contributed by atoms with Gasteiger partial charge in [-0.15, -0.1) is 0 Å². The van der Waals surface area contributed by atoms with E-state index in [0.29, 0.717) is 10.7 Å². The van der Waals surface area contributed by atoms with Crippen LogP contribution in [0.3, 0.4) is 0 Å². The smallest absolute Gasteiger partial charge is 0.292 e. The molecule has 1 unspecified atom stereocenters. The van der Waals surface area contributed by atoms with E-state index >= 15 is 0 Å². The average Bonchev–Trinajstić information content (AvgIpc) is 2.38. The van der Waals surface area contributed by atoms with Gasteiger partial charge in [-0.25, -0.2) is 0 Å². The van der Waals surface area contributed by atoms with Gasteiger partial charge in [0.05, 0.1) is 11.0 Å². The molecule has 2 aromatic carbocycles. The third-order valence-corrected chi connectivity index (χ3v) is 3.72. The molecule has 0 aliphatic heterocycles. The molecule has 1 N–H and O–H groups in total. The molecular formula is C14H12BrClN2O2. The van der Waals surface area contributed by atoms with Crippen LogP contribution in [0.15, 0.2) is 46.9 Å². The Morgan fingerprint density at radius 2 is 2.00 bits per heavy atom. The zero-order chi connectivity index (χ0) is 14.7. The van der Waals surface area contributed by atoms with E-state index in [1.165, 1.54) is 6.07 Å². The molecule has 0 amide bonds. The third-order valence-electron chi connectivity index (χ3n) is 2.90. The van der Waals surface area contributed by atoms with E-state index in [1.807, 2.05) is 19.1 Å². The van der Waals surface area contributed by atoms with Crippen LogP contribution in [-0.4, -0.2) is 4.92 Å².